The van der Waals surface area contributed by atoms with Gasteiger partial charge in [-0.3, -0.25) is 4.90 Å². The fourth-order valence-corrected chi connectivity index (χ4v) is 1.95. The second-order valence-corrected chi connectivity index (χ2v) is 4.10. The Labute approximate surface area is 99.2 Å². The van der Waals surface area contributed by atoms with Gasteiger partial charge in [0.1, 0.15) is 0 Å². The van der Waals surface area contributed by atoms with Gasteiger partial charge in [-0.25, -0.2) is 8.78 Å². The lowest BCUT2D eigenvalue weighted by atomic mass is 10.1. The van der Waals surface area contributed by atoms with Crippen LogP contribution >= 0.6 is 0 Å². The van der Waals surface area contributed by atoms with Crippen molar-refractivity contribution in [2.45, 2.75) is 37.7 Å². The first kappa shape index (κ1) is 15.3. The zero-order chi connectivity index (χ0) is 14.0. The van der Waals surface area contributed by atoms with E-state index in [2.05, 4.69) is 0 Å². The Kier molecular flexibility index (Phi) is 4.63. The summed E-state index contributed by atoms with van der Waals surface area (Å²) >= 11 is 0. The van der Waals surface area contributed by atoms with Crippen LogP contribution in [0.25, 0.3) is 0 Å². The van der Waals surface area contributed by atoms with Crippen molar-refractivity contribution in [3.8, 4) is 0 Å². The Hall–Kier alpha value is -0.790. The molecule has 1 unspecified atom stereocenters. The highest BCUT2D eigenvalue weighted by Gasteiger charge is 2.64. The largest absolute Gasteiger partial charge is 0.443 e. The number of likely N-dealkylation sites (tertiary alicyclic amines) is 1. The van der Waals surface area contributed by atoms with E-state index < -0.39 is 37.0 Å². The van der Waals surface area contributed by atoms with Crippen LogP contribution in [-0.2, 0) is 0 Å². The third-order valence-electron chi connectivity index (χ3n) is 2.87. The van der Waals surface area contributed by atoms with Gasteiger partial charge in [0.15, 0.2) is 0 Å². The van der Waals surface area contributed by atoms with Crippen LogP contribution in [0.3, 0.4) is 0 Å². The molecule has 1 fully saturated rings. The molecule has 0 aromatic carbocycles. The highest BCUT2D eigenvalue weighted by molar-refractivity contribution is 5.13. The minimum atomic E-state index is -5.75. The first-order valence-corrected chi connectivity index (χ1v) is 5.43. The van der Waals surface area contributed by atoms with E-state index in [0.29, 0.717) is 12.8 Å². The number of halogens is 7. The van der Waals surface area contributed by atoms with E-state index in [-0.39, 0.29) is 17.7 Å². The molecule has 0 N–H and O–H groups in total. The molecule has 0 bridgehead atoms. The first-order chi connectivity index (χ1) is 8.21. The minimum Gasteiger partial charge on any atom is -0.258 e. The summed E-state index contributed by atoms with van der Waals surface area (Å²) in [5.41, 5.74) is 0. The molecular formula is C10H12F7N. The summed E-state index contributed by atoms with van der Waals surface area (Å²) in [5, 5.41) is 0. The lowest BCUT2D eigenvalue weighted by Crippen LogP contribution is -2.56. The summed E-state index contributed by atoms with van der Waals surface area (Å²) in [6, 6.07) is 0. The third kappa shape index (κ3) is 2.78. The van der Waals surface area contributed by atoms with Crippen molar-refractivity contribution < 1.29 is 30.7 Å². The van der Waals surface area contributed by atoms with Crippen LogP contribution in [0.15, 0.2) is 11.9 Å². The molecule has 0 aromatic heterocycles. The highest BCUT2D eigenvalue weighted by atomic mass is 19.4. The number of rotatable bonds is 2. The van der Waals surface area contributed by atoms with Crippen LogP contribution in [-0.4, -0.2) is 30.0 Å². The van der Waals surface area contributed by atoms with Crippen LogP contribution < -0.4 is 0 Å². The molecule has 1 aliphatic heterocycles. The van der Waals surface area contributed by atoms with E-state index in [9.17, 15) is 30.7 Å². The van der Waals surface area contributed by atoms with Gasteiger partial charge < -0.3 is 0 Å². The van der Waals surface area contributed by atoms with Crippen molar-refractivity contribution in [2.24, 2.45) is 0 Å². The molecule has 18 heavy (non-hydrogen) atoms. The van der Waals surface area contributed by atoms with E-state index in [1.165, 1.54) is 0 Å². The number of hydrogen-bond donors (Lipinski definition) is 0. The molecule has 1 rings (SSSR count). The summed E-state index contributed by atoms with van der Waals surface area (Å²) in [4.78, 5) is 0.106. The van der Waals surface area contributed by atoms with Gasteiger partial charge in [0.25, 0.3) is 0 Å². The van der Waals surface area contributed by atoms with Gasteiger partial charge in [-0.1, -0.05) is 12.8 Å². The monoisotopic (exact) mass is 279 g/mol. The molecule has 0 spiro atoms. The van der Waals surface area contributed by atoms with Gasteiger partial charge >= 0.3 is 18.0 Å². The first-order valence-electron chi connectivity index (χ1n) is 5.43. The number of nitrogens with zero attached hydrogens (tertiary/aromatic N) is 1. The molecule has 1 heterocycles. The Morgan fingerprint density at radius 3 is 1.56 bits per heavy atom. The molecular weight excluding hydrogens is 267 g/mol. The van der Waals surface area contributed by atoms with E-state index in [0.717, 1.165) is 0 Å². The quantitative estimate of drug-likeness (QED) is 0.541. The van der Waals surface area contributed by atoms with E-state index in [4.69, 9.17) is 0 Å². The second-order valence-electron chi connectivity index (χ2n) is 4.10. The van der Waals surface area contributed by atoms with Crippen molar-refractivity contribution in [3.05, 3.63) is 11.9 Å². The molecule has 0 amide bonds. The summed E-state index contributed by atoms with van der Waals surface area (Å²) in [6.45, 7) is -0.812. The van der Waals surface area contributed by atoms with Gasteiger partial charge in [-0.15, -0.1) is 0 Å². The summed E-state index contributed by atoms with van der Waals surface area (Å²) in [6.07, 6.45) is -7.47. The van der Waals surface area contributed by atoms with Gasteiger partial charge in [0, 0.05) is 13.1 Å². The summed E-state index contributed by atoms with van der Waals surface area (Å²) < 4.78 is 88.8. The standard InChI is InChI=1S/C10H12F7N/c11-7(8(12)13)9(14,10(15,16)17)18-5-3-1-2-4-6-18/h1-6H2. The smallest absolute Gasteiger partial charge is 0.258 e. The van der Waals surface area contributed by atoms with Crippen LogP contribution in [0.4, 0.5) is 30.7 Å². The summed E-state index contributed by atoms with van der Waals surface area (Å²) in [5.74, 6) is -7.78. The molecule has 1 aliphatic rings. The van der Waals surface area contributed by atoms with Crippen molar-refractivity contribution in [1.82, 2.24) is 4.90 Å². The lowest BCUT2D eigenvalue weighted by Gasteiger charge is -2.36. The van der Waals surface area contributed by atoms with Crippen molar-refractivity contribution in [2.75, 3.05) is 13.1 Å². The highest BCUT2D eigenvalue weighted by Crippen LogP contribution is 2.45. The Morgan fingerprint density at radius 2 is 1.22 bits per heavy atom. The normalized spacial score (nSPS) is 22.2. The number of alkyl halides is 4. The maximum Gasteiger partial charge on any atom is 0.443 e. The van der Waals surface area contributed by atoms with Crippen molar-refractivity contribution >= 4 is 0 Å². The van der Waals surface area contributed by atoms with E-state index in [1.807, 2.05) is 0 Å². The molecule has 0 saturated carbocycles. The maximum atomic E-state index is 13.9. The molecule has 1 atom stereocenters. The average Bonchev–Trinajstić information content (AvgIpc) is 2.53. The van der Waals surface area contributed by atoms with Crippen LogP contribution in [0, 0.1) is 0 Å². The predicted octanol–water partition coefficient (Wildman–Crippen LogP) is 4.17. The fourth-order valence-electron chi connectivity index (χ4n) is 1.95. The van der Waals surface area contributed by atoms with Gasteiger partial charge in [-0.2, -0.15) is 22.0 Å². The molecule has 0 aromatic rings. The lowest BCUT2D eigenvalue weighted by molar-refractivity contribution is -0.274. The average molecular weight is 279 g/mol. The second kappa shape index (κ2) is 5.46. The molecule has 1 saturated heterocycles. The topological polar surface area (TPSA) is 3.24 Å². The van der Waals surface area contributed by atoms with Crippen LogP contribution in [0.2, 0.25) is 0 Å². The zero-order valence-corrected chi connectivity index (χ0v) is 9.34. The third-order valence-corrected chi connectivity index (χ3v) is 2.87. The molecule has 0 radical (unpaired) electrons. The summed E-state index contributed by atoms with van der Waals surface area (Å²) in [7, 11) is 0. The number of hydrogen-bond acceptors (Lipinski definition) is 1. The zero-order valence-electron chi connectivity index (χ0n) is 9.34. The Bertz CT molecular complexity index is 313. The van der Waals surface area contributed by atoms with Crippen LogP contribution in [0.1, 0.15) is 25.7 Å². The fraction of sp³-hybridized carbons (Fsp3) is 0.800. The molecule has 0 aliphatic carbocycles. The molecule has 106 valence electrons. The van der Waals surface area contributed by atoms with Gasteiger partial charge in [0.05, 0.1) is 0 Å². The van der Waals surface area contributed by atoms with E-state index in [1.54, 1.807) is 0 Å². The van der Waals surface area contributed by atoms with Crippen molar-refractivity contribution in [1.29, 1.82) is 0 Å². The van der Waals surface area contributed by atoms with Crippen LogP contribution in [0.5, 0.6) is 0 Å². The van der Waals surface area contributed by atoms with Gasteiger partial charge in [0.2, 0.25) is 5.83 Å². The maximum absolute atomic E-state index is 13.9. The SMILES string of the molecule is FC(F)=C(F)C(F)(N1CCCCCC1)C(F)(F)F. The molecule has 1 nitrogen and oxygen atoms in total. The minimum absolute atomic E-state index is 0.106. The predicted molar refractivity (Wildman–Crippen MR) is 50.3 cm³/mol. The van der Waals surface area contributed by atoms with Crippen molar-refractivity contribution in [3.63, 3.8) is 0 Å². The Morgan fingerprint density at radius 1 is 0.778 bits per heavy atom. The van der Waals surface area contributed by atoms with E-state index >= 15 is 0 Å². The Balaban J connectivity index is 3.16. The van der Waals surface area contributed by atoms with Gasteiger partial charge in [-0.05, 0) is 12.8 Å². The molecule has 8 heteroatoms.